The van der Waals surface area contributed by atoms with Crippen molar-refractivity contribution >= 4 is 21.6 Å². The highest BCUT2D eigenvalue weighted by molar-refractivity contribution is 7.92. The van der Waals surface area contributed by atoms with Crippen LogP contribution in [-0.2, 0) is 16.6 Å². The molecule has 0 spiro atoms. The van der Waals surface area contributed by atoms with Gasteiger partial charge in [0.15, 0.2) is 10.7 Å². The Bertz CT molecular complexity index is 1040. The molecule has 0 saturated carbocycles. The lowest BCUT2D eigenvalue weighted by molar-refractivity contribution is 0.0952. The summed E-state index contributed by atoms with van der Waals surface area (Å²) in [7, 11) is -3.95. The van der Waals surface area contributed by atoms with Gasteiger partial charge in [0.05, 0.1) is 11.3 Å². The highest BCUT2D eigenvalue weighted by Crippen LogP contribution is 2.24. The first kappa shape index (κ1) is 18.6. The summed E-state index contributed by atoms with van der Waals surface area (Å²) in [6.07, 6.45) is 3.29. The average molecular weight is 386 g/mol. The Morgan fingerprint density at radius 3 is 2.59 bits per heavy atom. The minimum absolute atomic E-state index is 0.0342. The Morgan fingerprint density at radius 1 is 1.15 bits per heavy atom. The van der Waals surface area contributed by atoms with E-state index in [1.165, 1.54) is 19.9 Å². The fraction of sp³-hybridized carbons (Fsp3) is 0.167. The molecule has 0 bridgehead atoms. The number of carbonyl (C=O) groups is 1. The van der Waals surface area contributed by atoms with Crippen LogP contribution in [0.2, 0.25) is 0 Å². The van der Waals surface area contributed by atoms with Gasteiger partial charge in [-0.05, 0) is 37.6 Å². The number of rotatable bonds is 6. The van der Waals surface area contributed by atoms with Gasteiger partial charge < -0.3 is 9.84 Å². The van der Waals surface area contributed by atoms with Crippen LogP contribution in [0.3, 0.4) is 0 Å². The number of nitrogens with zero attached hydrogens (tertiary/aromatic N) is 2. The second-order valence-corrected chi connectivity index (χ2v) is 7.47. The third-order valence-corrected chi connectivity index (χ3v) is 5.44. The Kier molecular flexibility index (Phi) is 5.22. The molecule has 0 aliphatic carbocycles. The molecule has 3 rings (SSSR count). The van der Waals surface area contributed by atoms with E-state index < -0.39 is 15.9 Å². The summed E-state index contributed by atoms with van der Waals surface area (Å²) >= 11 is 0. The number of amides is 1. The maximum absolute atomic E-state index is 12.7. The Morgan fingerprint density at radius 2 is 1.93 bits per heavy atom. The van der Waals surface area contributed by atoms with Crippen molar-refractivity contribution in [1.82, 2.24) is 15.5 Å². The zero-order valence-corrected chi connectivity index (χ0v) is 15.6. The number of sulfonamides is 1. The first-order chi connectivity index (χ1) is 12.9. The number of aryl methyl sites for hydroxylation is 2. The van der Waals surface area contributed by atoms with E-state index in [0.29, 0.717) is 0 Å². The van der Waals surface area contributed by atoms with E-state index in [-0.39, 0.29) is 34.1 Å². The molecule has 0 unspecified atom stereocenters. The van der Waals surface area contributed by atoms with Crippen LogP contribution in [0.15, 0.2) is 58.2 Å². The van der Waals surface area contributed by atoms with Crippen LogP contribution in [-0.4, -0.2) is 24.5 Å². The minimum Gasteiger partial charge on any atom is -0.360 e. The van der Waals surface area contributed by atoms with E-state index in [2.05, 4.69) is 20.2 Å². The van der Waals surface area contributed by atoms with Gasteiger partial charge in [0.2, 0.25) is 0 Å². The number of benzene rings is 1. The first-order valence-corrected chi connectivity index (χ1v) is 9.58. The van der Waals surface area contributed by atoms with Gasteiger partial charge in [-0.25, -0.2) is 8.42 Å². The van der Waals surface area contributed by atoms with E-state index in [0.717, 1.165) is 5.56 Å². The van der Waals surface area contributed by atoms with E-state index in [1.807, 2.05) is 6.07 Å². The van der Waals surface area contributed by atoms with Crippen molar-refractivity contribution in [3.8, 4) is 0 Å². The van der Waals surface area contributed by atoms with E-state index in [9.17, 15) is 13.2 Å². The number of hydrogen-bond donors (Lipinski definition) is 2. The lowest BCUT2D eigenvalue weighted by atomic mass is 10.1. The second-order valence-electron chi connectivity index (χ2n) is 5.85. The summed E-state index contributed by atoms with van der Waals surface area (Å²) in [5, 5.41) is 6.42. The molecule has 2 heterocycles. The smallest absolute Gasteiger partial charge is 0.267 e. The predicted octanol–water partition coefficient (Wildman–Crippen LogP) is 2.42. The molecule has 140 valence electrons. The molecule has 0 aliphatic heterocycles. The minimum atomic E-state index is -3.95. The quantitative estimate of drug-likeness (QED) is 0.672. The van der Waals surface area contributed by atoms with Crippen LogP contribution >= 0.6 is 0 Å². The third-order valence-electron chi connectivity index (χ3n) is 3.83. The molecule has 1 aromatic carbocycles. The van der Waals surface area contributed by atoms with Gasteiger partial charge in [-0.2, -0.15) is 0 Å². The number of para-hydroxylation sites is 1. The van der Waals surface area contributed by atoms with Gasteiger partial charge in [0.25, 0.3) is 15.9 Å². The van der Waals surface area contributed by atoms with Gasteiger partial charge in [0.1, 0.15) is 5.69 Å². The van der Waals surface area contributed by atoms with Gasteiger partial charge >= 0.3 is 0 Å². The Hall–Kier alpha value is -3.20. The van der Waals surface area contributed by atoms with Crippen molar-refractivity contribution in [2.45, 2.75) is 25.3 Å². The molecule has 0 fully saturated rings. The average Bonchev–Trinajstić information content (AvgIpc) is 3.00. The molecule has 0 saturated heterocycles. The van der Waals surface area contributed by atoms with Crippen LogP contribution in [0.4, 0.5) is 5.69 Å². The lowest BCUT2D eigenvalue weighted by Crippen LogP contribution is -2.25. The molecule has 0 aliphatic rings. The molecule has 27 heavy (non-hydrogen) atoms. The van der Waals surface area contributed by atoms with Crippen LogP contribution in [0.5, 0.6) is 0 Å². The number of hydrogen-bond acceptors (Lipinski definition) is 6. The van der Waals surface area contributed by atoms with Gasteiger partial charge in [0, 0.05) is 18.9 Å². The zero-order valence-electron chi connectivity index (χ0n) is 14.8. The number of pyridine rings is 1. The normalized spacial score (nSPS) is 11.2. The van der Waals surface area contributed by atoms with Crippen molar-refractivity contribution in [3.63, 3.8) is 0 Å². The summed E-state index contributed by atoms with van der Waals surface area (Å²) in [6.45, 7) is 3.33. The second kappa shape index (κ2) is 7.58. The number of carbonyl (C=O) groups excluding carboxylic acids is 1. The predicted molar refractivity (Wildman–Crippen MR) is 98.6 cm³/mol. The van der Waals surface area contributed by atoms with Crippen LogP contribution in [0.25, 0.3) is 0 Å². The maximum Gasteiger partial charge on any atom is 0.267 e. The van der Waals surface area contributed by atoms with Crippen molar-refractivity contribution < 1.29 is 17.7 Å². The Labute approximate surface area is 156 Å². The van der Waals surface area contributed by atoms with E-state index in [1.54, 1.807) is 36.7 Å². The SMILES string of the molecule is Cc1noc(C)c1S(=O)(=O)Nc1ccccc1C(=O)NCc1cccnc1. The maximum atomic E-state index is 12.7. The van der Waals surface area contributed by atoms with Crippen molar-refractivity contribution in [1.29, 1.82) is 0 Å². The van der Waals surface area contributed by atoms with Crippen LogP contribution < -0.4 is 10.0 Å². The molecule has 2 N–H and O–H groups in total. The van der Waals surface area contributed by atoms with Gasteiger partial charge in [-0.1, -0.05) is 23.4 Å². The Balaban J connectivity index is 1.83. The van der Waals surface area contributed by atoms with Gasteiger partial charge in [-0.15, -0.1) is 0 Å². The largest absolute Gasteiger partial charge is 0.360 e. The van der Waals surface area contributed by atoms with E-state index >= 15 is 0 Å². The molecular weight excluding hydrogens is 368 g/mol. The summed E-state index contributed by atoms with van der Waals surface area (Å²) in [6, 6.07) is 9.97. The highest BCUT2D eigenvalue weighted by atomic mass is 32.2. The summed E-state index contributed by atoms with van der Waals surface area (Å²) < 4.78 is 32.8. The fourth-order valence-corrected chi connectivity index (χ4v) is 4.02. The lowest BCUT2D eigenvalue weighted by Gasteiger charge is -2.12. The first-order valence-electron chi connectivity index (χ1n) is 8.10. The molecular formula is C18H18N4O4S. The van der Waals surface area contributed by atoms with Gasteiger partial charge in [-0.3, -0.25) is 14.5 Å². The van der Waals surface area contributed by atoms with Crippen molar-refractivity contribution in [3.05, 3.63) is 71.4 Å². The molecule has 8 nitrogen and oxygen atoms in total. The van der Waals surface area contributed by atoms with E-state index in [4.69, 9.17) is 4.52 Å². The molecule has 1 amide bonds. The molecule has 9 heteroatoms. The molecule has 0 radical (unpaired) electrons. The number of nitrogens with one attached hydrogen (secondary N) is 2. The van der Waals surface area contributed by atoms with Crippen molar-refractivity contribution in [2.24, 2.45) is 0 Å². The number of anilines is 1. The fourth-order valence-electron chi connectivity index (χ4n) is 2.60. The number of aromatic nitrogens is 2. The summed E-state index contributed by atoms with van der Waals surface area (Å²) in [5.74, 6) is -0.227. The zero-order chi connectivity index (χ0) is 19.4. The topological polar surface area (TPSA) is 114 Å². The molecule has 2 aromatic heterocycles. The molecule has 3 aromatic rings. The van der Waals surface area contributed by atoms with Crippen LogP contribution in [0.1, 0.15) is 27.4 Å². The summed E-state index contributed by atoms with van der Waals surface area (Å²) in [5.41, 5.74) is 1.45. The monoisotopic (exact) mass is 386 g/mol. The summed E-state index contributed by atoms with van der Waals surface area (Å²) in [4.78, 5) is 16.5. The molecule has 0 atom stereocenters. The standard InChI is InChI=1S/C18H18N4O4S/c1-12-17(13(2)26-21-12)27(24,25)22-16-8-4-3-7-15(16)18(23)20-11-14-6-5-9-19-10-14/h3-10,22H,11H2,1-2H3,(H,20,23). The van der Waals surface area contributed by atoms with Crippen LogP contribution in [0, 0.1) is 13.8 Å². The highest BCUT2D eigenvalue weighted by Gasteiger charge is 2.25. The van der Waals surface area contributed by atoms with Crippen molar-refractivity contribution in [2.75, 3.05) is 4.72 Å². The third kappa shape index (κ3) is 4.14.